The first-order chi connectivity index (χ1) is 7.58. The van der Waals surface area contributed by atoms with Crippen LogP contribution in [0.3, 0.4) is 0 Å². The van der Waals surface area contributed by atoms with Crippen LogP contribution in [-0.4, -0.2) is 23.7 Å². The van der Waals surface area contributed by atoms with Crippen LogP contribution in [0.15, 0.2) is 28.7 Å². The van der Waals surface area contributed by atoms with E-state index in [2.05, 4.69) is 26.6 Å². The molecular formula is C10H11BrN2O3. The van der Waals surface area contributed by atoms with E-state index < -0.39 is 12.0 Å². The van der Waals surface area contributed by atoms with Gasteiger partial charge >= 0.3 is 12.0 Å². The first-order valence-corrected chi connectivity index (χ1v) is 5.39. The molecule has 1 aromatic rings. The predicted molar refractivity (Wildman–Crippen MR) is 63.4 cm³/mol. The van der Waals surface area contributed by atoms with E-state index in [4.69, 9.17) is 5.11 Å². The number of nitrogens with one attached hydrogen (secondary N) is 2. The lowest BCUT2D eigenvalue weighted by Crippen LogP contribution is -2.30. The summed E-state index contributed by atoms with van der Waals surface area (Å²) in [6, 6.07) is 6.66. The fraction of sp³-hybridized carbons (Fsp3) is 0.200. The molecule has 0 aliphatic carbocycles. The van der Waals surface area contributed by atoms with Gasteiger partial charge in [-0.3, -0.25) is 4.79 Å². The molecule has 0 radical (unpaired) electrons. The highest BCUT2D eigenvalue weighted by Crippen LogP contribution is 2.13. The van der Waals surface area contributed by atoms with Gasteiger partial charge in [0.15, 0.2) is 0 Å². The number of urea groups is 1. The largest absolute Gasteiger partial charge is 0.481 e. The van der Waals surface area contributed by atoms with Gasteiger partial charge < -0.3 is 15.7 Å². The smallest absolute Gasteiger partial charge is 0.319 e. The third-order valence-corrected chi connectivity index (χ3v) is 2.26. The van der Waals surface area contributed by atoms with Crippen LogP contribution in [0, 0.1) is 0 Å². The highest BCUT2D eigenvalue weighted by molar-refractivity contribution is 9.10. The molecule has 0 saturated carbocycles. The number of carbonyl (C=O) groups is 2. The zero-order valence-corrected chi connectivity index (χ0v) is 9.95. The Morgan fingerprint density at radius 3 is 2.44 bits per heavy atom. The zero-order valence-electron chi connectivity index (χ0n) is 8.37. The second kappa shape index (κ2) is 6.12. The number of carbonyl (C=O) groups excluding carboxylic acids is 1. The van der Waals surface area contributed by atoms with Crippen LogP contribution < -0.4 is 10.6 Å². The Kier molecular flexibility index (Phi) is 4.78. The van der Waals surface area contributed by atoms with Gasteiger partial charge in [0.25, 0.3) is 0 Å². The SMILES string of the molecule is O=C(O)CCNC(=O)Nc1ccc(Br)cc1. The molecule has 86 valence electrons. The second-order valence-electron chi connectivity index (χ2n) is 3.03. The molecule has 5 nitrogen and oxygen atoms in total. The number of anilines is 1. The molecule has 0 unspecified atom stereocenters. The number of aliphatic carboxylic acids is 1. The topological polar surface area (TPSA) is 78.4 Å². The van der Waals surface area contributed by atoms with Gasteiger partial charge in [-0.05, 0) is 24.3 Å². The molecule has 0 bridgehead atoms. The van der Waals surface area contributed by atoms with E-state index in [1.165, 1.54) is 0 Å². The van der Waals surface area contributed by atoms with Gasteiger partial charge in [-0.2, -0.15) is 0 Å². The average molecular weight is 287 g/mol. The molecule has 0 atom stereocenters. The highest BCUT2D eigenvalue weighted by Gasteiger charge is 2.02. The predicted octanol–water partition coefficient (Wildman–Crippen LogP) is 2.05. The zero-order chi connectivity index (χ0) is 12.0. The van der Waals surface area contributed by atoms with E-state index in [9.17, 15) is 9.59 Å². The van der Waals surface area contributed by atoms with E-state index in [0.717, 1.165) is 4.47 Å². The maximum absolute atomic E-state index is 11.3. The number of halogens is 1. The van der Waals surface area contributed by atoms with Crippen LogP contribution in [0.4, 0.5) is 10.5 Å². The molecule has 0 spiro atoms. The molecule has 16 heavy (non-hydrogen) atoms. The minimum Gasteiger partial charge on any atom is -0.481 e. The molecular weight excluding hydrogens is 276 g/mol. The van der Waals surface area contributed by atoms with Gasteiger partial charge in [-0.15, -0.1) is 0 Å². The number of carboxylic acids is 1. The standard InChI is InChI=1S/C10H11BrN2O3/c11-7-1-3-8(4-2-7)13-10(16)12-6-5-9(14)15/h1-4H,5-6H2,(H,14,15)(H2,12,13,16). The summed E-state index contributed by atoms with van der Waals surface area (Å²) in [6.07, 6.45) is -0.0895. The first-order valence-electron chi connectivity index (χ1n) is 4.60. The van der Waals surface area contributed by atoms with Crippen molar-refractivity contribution >= 4 is 33.6 Å². The lowest BCUT2D eigenvalue weighted by molar-refractivity contribution is -0.136. The van der Waals surface area contributed by atoms with E-state index in [1.807, 2.05) is 0 Å². The molecule has 0 aliphatic rings. The van der Waals surface area contributed by atoms with E-state index in [0.29, 0.717) is 5.69 Å². The van der Waals surface area contributed by atoms with E-state index in [1.54, 1.807) is 24.3 Å². The summed E-state index contributed by atoms with van der Waals surface area (Å²) >= 11 is 3.28. The maximum Gasteiger partial charge on any atom is 0.319 e. The molecule has 3 N–H and O–H groups in total. The molecule has 2 amide bonds. The first kappa shape index (κ1) is 12.5. The van der Waals surface area contributed by atoms with Crippen molar-refractivity contribution in [3.05, 3.63) is 28.7 Å². The average Bonchev–Trinajstić information content (AvgIpc) is 2.21. The van der Waals surface area contributed by atoms with Crippen LogP contribution in [0.2, 0.25) is 0 Å². The number of rotatable bonds is 4. The van der Waals surface area contributed by atoms with Gasteiger partial charge in [-0.1, -0.05) is 15.9 Å². The van der Waals surface area contributed by atoms with Gasteiger partial charge in [0, 0.05) is 16.7 Å². The number of benzene rings is 1. The molecule has 6 heteroatoms. The Morgan fingerprint density at radius 1 is 1.25 bits per heavy atom. The van der Waals surface area contributed by atoms with Gasteiger partial charge in [0.2, 0.25) is 0 Å². The molecule has 1 rings (SSSR count). The van der Waals surface area contributed by atoms with Gasteiger partial charge in [0.1, 0.15) is 0 Å². The van der Waals surface area contributed by atoms with Crippen molar-refractivity contribution in [3.63, 3.8) is 0 Å². The van der Waals surface area contributed by atoms with Crippen LogP contribution in [0.5, 0.6) is 0 Å². The molecule has 0 fully saturated rings. The maximum atomic E-state index is 11.3. The highest BCUT2D eigenvalue weighted by atomic mass is 79.9. The lowest BCUT2D eigenvalue weighted by atomic mass is 10.3. The van der Waals surface area contributed by atoms with Crippen LogP contribution in [0.25, 0.3) is 0 Å². The Morgan fingerprint density at radius 2 is 1.88 bits per heavy atom. The summed E-state index contributed by atoms with van der Waals surface area (Å²) in [5, 5.41) is 13.4. The lowest BCUT2D eigenvalue weighted by Gasteiger charge is -2.06. The summed E-state index contributed by atoms with van der Waals surface area (Å²) < 4.78 is 0.921. The quantitative estimate of drug-likeness (QED) is 0.793. The van der Waals surface area contributed by atoms with Crippen molar-refractivity contribution in [3.8, 4) is 0 Å². The molecule has 1 aromatic carbocycles. The Hall–Kier alpha value is -1.56. The van der Waals surface area contributed by atoms with Crippen molar-refractivity contribution in [2.75, 3.05) is 11.9 Å². The van der Waals surface area contributed by atoms with Crippen molar-refractivity contribution in [2.24, 2.45) is 0 Å². The summed E-state index contributed by atoms with van der Waals surface area (Å²) in [5.74, 6) is -0.941. The van der Waals surface area contributed by atoms with Crippen molar-refractivity contribution in [1.82, 2.24) is 5.32 Å². The van der Waals surface area contributed by atoms with Crippen molar-refractivity contribution in [1.29, 1.82) is 0 Å². The fourth-order valence-corrected chi connectivity index (χ4v) is 1.26. The monoisotopic (exact) mass is 286 g/mol. The molecule has 0 heterocycles. The summed E-state index contributed by atoms with van der Waals surface area (Å²) in [5.41, 5.74) is 0.649. The Balaban J connectivity index is 2.34. The number of carboxylic acid groups (broad SMARTS) is 1. The number of hydrogen-bond donors (Lipinski definition) is 3. The minimum atomic E-state index is -0.941. The van der Waals surface area contributed by atoms with Crippen molar-refractivity contribution < 1.29 is 14.7 Å². The normalized spacial score (nSPS) is 9.56. The van der Waals surface area contributed by atoms with Gasteiger partial charge in [0.05, 0.1) is 6.42 Å². The van der Waals surface area contributed by atoms with E-state index >= 15 is 0 Å². The Labute approximate surface area is 101 Å². The van der Waals surface area contributed by atoms with E-state index in [-0.39, 0.29) is 13.0 Å². The number of amides is 2. The fourth-order valence-electron chi connectivity index (χ4n) is 0.991. The molecule has 0 aliphatic heterocycles. The minimum absolute atomic E-state index is 0.0895. The summed E-state index contributed by atoms with van der Waals surface area (Å²) in [4.78, 5) is 21.5. The van der Waals surface area contributed by atoms with Crippen LogP contribution in [-0.2, 0) is 4.79 Å². The van der Waals surface area contributed by atoms with Crippen molar-refractivity contribution in [2.45, 2.75) is 6.42 Å². The third-order valence-electron chi connectivity index (χ3n) is 1.73. The van der Waals surface area contributed by atoms with Crippen LogP contribution >= 0.6 is 15.9 Å². The van der Waals surface area contributed by atoms with Gasteiger partial charge in [-0.25, -0.2) is 4.79 Å². The number of hydrogen-bond acceptors (Lipinski definition) is 2. The summed E-state index contributed by atoms with van der Waals surface area (Å²) in [6.45, 7) is 0.109. The second-order valence-corrected chi connectivity index (χ2v) is 3.95. The summed E-state index contributed by atoms with van der Waals surface area (Å²) in [7, 11) is 0. The molecule has 0 saturated heterocycles. The Bertz CT molecular complexity index is 378. The third kappa shape index (κ3) is 4.79. The molecule has 0 aromatic heterocycles. The van der Waals surface area contributed by atoms with Crippen LogP contribution in [0.1, 0.15) is 6.42 Å².